The van der Waals surface area contributed by atoms with Crippen molar-refractivity contribution in [3.8, 4) is 0 Å². The van der Waals surface area contributed by atoms with E-state index in [-0.39, 0.29) is 25.0 Å². The van der Waals surface area contributed by atoms with Gasteiger partial charge in [-0.1, -0.05) is 0 Å². The number of carbonyl (C=O) groups is 2. The van der Waals surface area contributed by atoms with E-state index in [2.05, 4.69) is 10.3 Å². The molecule has 6 heteroatoms. The van der Waals surface area contributed by atoms with Crippen LogP contribution in [0.4, 0.5) is 4.79 Å². The lowest BCUT2D eigenvalue weighted by atomic mass is 10.1. The Bertz CT molecular complexity index is 483. The molecule has 0 radical (unpaired) electrons. The van der Waals surface area contributed by atoms with Gasteiger partial charge in [0.1, 0.15) is 0 Å². The van der Waals surface area contributed by atoms with Crippen molar-refractivity contribution in [3.63, 3.8) is 0 Å². The summed E-state index contributed by atoms with van der Waals surface area (Å²) in [7, 11) is 0. The van der Waals surface area contributed by atoms with Gasteiger partial charge in [0.25, 0.3) is 0 Å². The highest BCUT2D eigenvalue weighted by atomic mass is 16.4. The second kappa shape index (κ2) is 7.06. The van der Waals surface area contributed by atoms with Crippen molar-refractivity contribution in [1.82, 2.24) is 15.2 Å². The van der Waals surface area contributed by atoms with Gasteiger partial charge in [-0.2, -0.15) is 0 Å². The van der Waals surface area contributed by atoms with E-state index in [1.807, 2.05) is 39.8 Å². The van der Waals surface area contributed by atoms with E-state index in [0.29, 0.717) is 0 Å². The number of carboxylic acids is 1. The Hall–Kier alpha value is -2.11. The molecule has 0 aliphatic rings. The van der Waals surface area contributed by atoms with Crippen molar-refractivity contribution < 1.29 is 14.7 Å². The quantitative estimate of drug-likeness (QED) is 0.873. The number of rotatable bonds is 5. The topological polar surface area (TPSA) is 82.5 Å². The standard InChI is InChI=1S/C15H23N3O3/c1-11(12-5-8-16-9-6-12)17-14(21)18(15(2,3)4)10-7-13(19)20/h5-6,8-9,11H,7,10H2,1-4H3,(H,17,21)(H,19,20). The monoisotopic (exact) mass is 293 g/mol. The smallest absolute Gasteiger partial charge is 0.318 e. The first kappa shape index (κ1) is 16.9. The highest BCUT2D eigenvalue weighted by Crippen LogP contribution is 2.17. The number of aromatic nitrogens is 1. The molecule has 1 aromatic rings. The number of hydrogen-bond donors (Lipinski definition) is 2. The van der Waals surface area contributed by atoms with E-state index in [1.54, 1.807) is 17.3 Å². The highest BCUT2D eigenvalue weighted by Gasteiger charge is 2.27. The van der Waals surface area contributed by atoms with Gasteiger partial charge in [0.15, 0.2) is 0 Å². The predicted molar refractivity (Wildman–Crippen MR) is 79.9 cm³/mol. The molecule has 0 bridgehead atoms. The van der Waals surface area contributed by atoms with Gasteiger partial charge in [-0.15, -0.1) is 0 Å². The fourth-order valence-corrected chi connectivity index (χ4v) is 1.95. The Labute approximate surface area is 125 Å². The average Bonchev–Trinajstić information content (AvgIpc) is 2.37. The van der Waals surface area contributed by atoms with Crippen LogP contribution in [0.2, 0.25) is 0 Å². The molecule has 0 fully saturated rings. The maximum absolute atomic E-state index is 12.4. The van der Waals surface area contributed by atoms with Crippen molar-refractivity contribution >= 4 is 12.0 Å². The summed E-state index contributed by atoms with van der Waals surface area (Å²) in [6, 6.07) is 3.23. The van der Waals surface area contributed by atoms with Crippen LogP contribution in [0, 0.1) is 0 Å². The van der Waals surface area contributed by atoms with Crippen LogP contribution in [0.25, 0.3) is 0 Å². The fraction of sp³-hybridized carbons (Fsp3) is 0.533. The van der Waals surface area contributed by atoms with Crippen LogP contribution in [-0.4, -0.2) is 39.1 Å². The summed E-state index contributed by atoms with van der Waals surface area (Å²) < 4.78 is 0. The van der Waals surface area contributed by atoms with Crippen LogP contribution in [0.1, 0.15) is 45.7 Å². The molecule has 21 heavy (non-hydrogen) atoms. The first-order valence-corrected chi connectivity index (χ1v) is 6.91. The predicted octanol–water partition coefficient (Wildman–Crippen LogP) is 2.43. The number of nitrogens with zero attached hydrogens (tertiary/aromatic N) is 2. The Kier molecular flexibility index (Phi) is 5.69. The Balaban J connectivity index is 2.74. The summed E-state index contributed by atoms with van der Waals surface area (Å²) in [4.78, 5) is 28.6. The van der Waals surface area contributed by atoms with Crippen LogP contribution in [0.3, 0.4) is 0 Å². The molecule has 1 aromatic heterocycles. The van der Waals surface area contributed by atoms with Gasteiger partial charge in [-0.3, -0.25) is 9.78 Å². The molecule has 2 amide bonds. The molecule has 2 N–H and O–H groups in total. The van der Waals surface area contributed by atoms with Crippen molar-refractivity contribution in [3.05, 3.63) is 30.1 Å². The molecule has 0 saturated carbocycles. The summed E-state index contributed by atoms with van der Waals surface area (Å²) >= 11 is 0. The fourth-order valence-electron chi connectivity index (χ4n) is 1.95. The van der Waals surface area contributed by atoms with E-state index < -0.39 is 11.5 Å². The van der Waals surface area contributed by atoms with E-state index in [1.165, 1.54) is 0 Å². The van der Waals surface area contributed by atoms with Crippen LogP contribution >= 0.6 is 0 Å². The summed E-state index contributed by atoms with van der Waals surface area (Å²) in [6.45, 7) is 7.70. The lowest BCUT2D eigenvalue weighted by Gasteiger charge is -2.36. The second-order valence-electron chi connectivity index (χ2n) is 5.92. The first-order chi connectivity index (χ1) is 9.71. The zero-order valence-electron chi connectivity index (χ0n) is 13.0. The molecule has 1 atom stereocenters. The van der Waals surface area contributed by atoms with Gasteiger partial charge in [-0.05, 0) is 45.4 Å². The molecule has 1 rings (SSSR count). The Morgan fingerprint density at radius 1 is 1.33 bits per heavy atom. The van der Waals surface area contributed by atoms with E-state index in [0.717, 1.165) is 5.56 Å². The lowest BCUT2D eigenvalue weighted by Crippen LogP contribution is -2.51. The third-order valence-corrected chi connectivity index (χ3v) is 3.15. The summed E-state index contributed by atoms with van der Waals surface area (Å²) in [5.41, 5.74) is 0.503. The average molecular weight is 293 g/mol. The number of pyridine rings is 1. The molecule has 1 heterocycles. The van der Waals surface area contributed by atoms with Crippen molar-refractivity contribution in [2.24, 2.45) is 0 Å². The molecular formula is C15H23N3O3. The zero-order chi connectivity index (χ0) is 16.0. The maximum Gasteiger partial charge on any atom is 0.318 e. The maximum atomic E-state index is 12.4. The first-order valence-electron chi connectivity index (χ1n) is 6.91. The molecule has 0 aliphatic heterocycles. The normalized spacial score (nSPS) is 12.6. The van der Waals surface area contributed by atoms with Gasteiger partial charge in [0.05, 0.1) is 12.5 Å². The van der Waals surface area contributed by atoms with Crippen LogP contribution < -0.4 is 5.32 Å². The molecule has 0 aromatic carbocycles. The van der Waals surface area contributed by atoms with Crippen molar-refractivity contribution in [2.45, 2.75) is 45.7 Å². The molecule has 116 valence electrons. The van der Waals surface area contributed by atoms with Crippen LogP contribution in [0.5, 0.6) is 0 Å². The van der Waals surface area contributed by atoms with Crippen molar-refractivity contribution in [2.75, 3.05) is 6.54 Å². The zero-order valence-corrected chi connectivity index (χ0v) is 13.0. The number of aliphatic carboxylic acids is 1. The van der Waals surface area contributed by atoms with Crippen molar-refractivity contribution in [1.29, 1.82) is 0 Å². The SMILES string of the molecule is CC(NC(=O)N(CCC(=O)O)C(C)(C)C)c1ccncc1. The largest absolute Gasteiger partial charge is 0.481 e. The van der Waals surface area contributed by atoms with Gasteiger partial charge >= 0.3 is 12.0 Å². The summed E-state index contributed by atoms with van der Waals surface area (Å²) in [6.07, 6.45) is 3.27. The number of hydrogen-bond acceptors (Lipinski definition) is 3. The van der Waals surface area contributed by atoms with Crippen LogP contribution in [0.15, 0.2) is 24.5 Å². The summed E-state index contributed by atoms with van der Waals surface area (Å²) in [5, 5.41) is 11.7. The molecule has 0 aliphatic carbocycles. The Morgan fingerprint density at radius 3 is 2.38 bits per heavy atom. The lowest BCUT2D eigenvalue weighted by molar-refractivity contribution is -0.137. The number of carbonyl (C=O) groups excluding carboxylic acids is 1. The van der Waals surface area contributed by atoms with Crippen LogP contribution in [-0.2, 0) is 4.79 Å². The molecule has 1 unspecified atom stereocenters. The minimum Gasteiger partial charge on any atom is -0.481 e. The molecular weight excluding hydrogens is 270 g/mol. The number of carboxylic acid groups (broad SMARTS) is 1. The number of nitrogens with one attached hydrogen (secondary N) is 1. The van der Waals surface area contributed by atoms with E-state index >= 15 is 0 Å². The van der Waals surface area contributed by atoms with E-state index in [4.69, 9.17) is 5.11 Å². The third kappa shape index (κ3) is 5.41. The summed E-state index contributed by atoms with van der Waals surface area (Å²) in [5.74, 6) is -0.917. The molecule has 0 saturated heterocycles. The van der Waals surface area contributed by atoms with Gasteiger partial charge in [0.2, 0.25) is 0 Å². The van der Waals surface area contributed by atoms with Gasteiger partial charge in [-0.25, -0.2) is 4.79 Å². The van der Waals surface area contributed by atoms with Gasteiger partial charge in [0, 0.05) is 24.5 Å². The third-order valence-electron chi connectivity index (χ3n) is 3.15. The minimum absolute atomic E-state index is 0.0751. The number of amides is 2. The van der Waals surface area contributed by atoms with E-state index in [9.17, 15) is 9.59 Å². The number of urea groups is 1. The minimum atomic E-state index is -0.917. The molecule has 6 nitrogen and oxygen atoms in total. The van der Waals surface area contributed by atoms with Gasteiger partial charge < -0.3 is 15.3 Å². The Morgan fingerprint density at radius 2 is 1.90 bits per heavy atom. The highest BCUT2D eigenvalue weighted by molar-refractivity contribution is 5.76. The molecule has 0 spiro atoms. The second-order valence-corrected chi connectivity index (χ2v) is 5.92.